The van der Waals surface area contributed by atoms with Crippen LogP contribution in [0.5, 0.6) is 0 Å². The summed E-state index contributed by atoms with van der Waals surface area (Å²) in [4.78, 5) is 33.5. The molecule has 0 saturated carbocycles. The van der Waals surface area contributed by atoms with Gasteiger partial charge in [0.05, 0.1) is 28.0 Å². The van der Waals surface area contributed by atoms with Crippen molar-refractivity contribution in [1.29, 1.82) is 0 Å². The zero-order valence-electron chi connectivity index (χ0n) is 20.5. The molecule has 186 valence electrons. The number of aromatic amines is 1. The fourth-order valence-electron chi connectivity index (χ4n) is 4.50. The van der Waals surface area contributed by atoms with Crippen LogP contribution in [0.4, 0.5) is 22.7 Å². The van der Waals surface area contributed by atoms with Gasteiger partial charge in [0.25, 0.3) is 11.8 Å². The number of fused-ring (bicyclic) bond motifs is 2. The molecule has 0 unspecified atom stereocenters. The molecular weight excluding hydrogens is 476 g/mol. The number of carbonyl (C=O) groups is 2. The van der Waals surface area contributed by atoms with Crippen LogP contribution in [-0.4, -0.2) is 28.8 Å². The van der Waals surface area contributed by atoms with Gasteiger partial charge in [0.2, 0.25) is 0 Å². The minimum absolute atomic E-state index is 0.219. The number of carbonyl (C=O) groups excluding carboxylic acids is 2. The largest absolute Gasteiger partial charge is 0.388 e. The van der Waals surface area contributed by atoms with Gasteiger partial charge in [-0.05, 0) is 60.2 Å². The van der Waals surface area contributed by atoms with Gasteiger partial charge in [-0.2, -0.15) is 0 Å². The Kier molecular flexibility index (Phi) is 5.82. The van der Waals surface area contributed by atoms with Crippen molar-refractivity contribution in [2.75, 3.05) is 28.3 Å². The van der Waals surface area contributed by atoms with Crippen molar-refractivity contribution in [3.05, 3.63) is 114 Å². The molecule has 1 aliphatic rings. The second kappa shape index (κ2) is 9.59. The maximum Gasteiger partial charge on any atom is 0.291 e. The Morgan fingerprint density at radius 3 is 2.26 bits per heavy atom. The summed E-state index contributed by atoms with van der Waals surface area (Å²) < 4.78 is 0. The van der Waals surface area contributed by atoms with E-state index in [2.05, 4.69) is 31.2 Å². The van der Waals surface area contributed by atoms with Crippen molar-refractivity contribution in [2.24, 2.45) is 0 Å². The number of imidazole rings is 1. The summed E-state index contributed by atoms with van der Waals surface area (Å²) in [5.74, 6) is -0.368. The van der Waals surface area contributed by atoms with E-state index >= 15 is 0 Å². The number of hydrogen-bond donors (Lipinski definition) is 5. The fourth-order valence-corrected chi connectivity index (χ4v) is 4.50. The minimum atomic E-state index is -0.363. The summed E-state index contributed by atoms with van der Waals surface area (Å²) in [6.07, 6.45) is 0. The topological polar surface area (TPSA) is 111 Å². The van der Waals surface area contributed by atoms with Crippen molar-refractivity contribution >= 4 is 56.9 Å². The molecule has 8 heteroatoms. The van der Waals surface area contributed by atoms with Gasteiger partial charge in [0, 0.05) is 29.7 Å². The number of rotatable bonds is 6. The SMILES string of the molecule is CNc1ccc(N/C(=C2\C(=O)Nc3cc(NC(=O)c4nc5ccccc5[nH]4)ccc32)c2ccccc2)cc1. The zero-order valence-corrected chi connectivity index (χ0v) is 20.5. The first kappa shape index (κ1) is 23.1. The summed E-state index contributed by atoms with van der Waals surface area (Å²) in [5, 5.41) is 12.4. The van der Waals surface area contributed by atoms with Crippen molar-refractivity contribution in [2.45, 2.75) is 0 Å². The second-order valence-electron chi connectivity index (χ2n) is 8.84. The summed E-state index contributed by atoms with van der Waals surface area (Å²) in [5.41, 5.74) is 7.36. The smallest absolute Gasteiger partial charge is 0.291 e. The lowest BCUT2D eigenvalue weighted by atomic mass is 9.99. The Morgan fingerprint density at radius 1 is 0.789 bits per heavy atom. The molecule has 0 radical (unpaired) electrons. The first-order valence-corrected chi connectivity index (χ1v) is 12.2. The first-order valence-electron chi connectivity index (χ1n) is 12.2. The lowest BCUT2D eigenvalue weighted by molar-refractivity contribution is -0.110. The van der Waals surface area contributed by atoms with Crippen molar-refractivity contribution in [1.82, 2.24) is 9.97 Å². The number of nitrogens with one attached hydrogen (secondary N) is 5. The highest BCUT2D eigenvalue weighted by Crippen LogP contribution is 2.39. The highest BCUT2D eigenvalue weighted by Gasteiger charge is 2.29. The van der Waals surface area contributed by atoms with E-state index in [1.165, 1.54) is 0 Å². The number of aromatic nitrogens is 2. The highest BCUT2D eigenvalue weighted by atomic mass is 16.2. The molecular formula is C30H24N6O2. The van der Waals surface area contributed by atoms with Crippen LogP contribution < -0.4 is 21.3 Å². The Labute approximate surface area is 218 Å². The molecule has 1 aliphatic heterocycles. The van der Waals surface area contributed by atoms with Crippen LogP contribution in [0.25, 0.3) is 22.3 Å². The molecule has 8 nitrogen and oxygen atoms in total. The van der Waals surface area contributed by atoms with E-state index in [0.717, 1.165) is 33.5 Å². The van der Waals surface area contributed by atoms with Gasteiger partial charge in [-0.1, -0.05) is 42.5 Å². The predicted molar refractivity (Wildman–Crippen MR) is 152 cm³/mol. The van der Waals surface area contributed by atoms with Crippen LogP contribution in [0.3, 0.4) is 0 Å². The molecule has 0 saturated heterocycles. The first-order chi connectivity index (χ1) is 18.6. The summed E-state index contributed by atoms with van der Waals surface area (Å²) in [6, 6.07) is 30.4. The van der Waals surface area contributed by atoms with Crippen molar-refractivity contribution in [3.63, 3.8) is 0 Å². The molecule has 38 heavy (non-hydrogen) atoms. The average molecular weight is 501 g/mol. The minimum Gasteiger partial charge on any atom is -0.388 e. The third kappa shape index (κ3) is 4.35. The maximum atomic E-state index is 13.3. The summed E-state index contributed by atoms with van der Waals surface area (Å²) in [7, 11) is 1.87. The molecule has 1 aromatic heterocycles. The van der Waals surface area contributed by atoms with Gasteiger partial charge < -0.3 is 26.3 Å². The highest BCUT2D eigenvalue weighted by molar-refractivity contribution is 6.37. The van der Waals surface area contributed by atoms with E-state index in [9.17, 15) is 9.59 Å². The third-order valence-electron chi connectivity index (χ3n) is 6.38. The van der Waals surface area contributed by atoms with Gasteiger partial charge in [0.15, 0.2) is 5.82 Å². The second-order valence-corrected chi connectivity index (χ2v) is 8.84. The molecule has 0 bridgehead atoms. The van der Waals surface area contributed by atoms with E-state index in [-0.39, 0.29) is 17.6 Å². The molecule has 0 atom stereocenters. The van der Waals surface area contributed by atoms with Gasteiger partial charge in [-0.25, -0.2) is 4.98 Å². The van der Waals surface area contributed by atoms with E-state index < -0.39 is 0 Å². The van der Waals surface area contributed by atoms with E-state index in [4.69, 9.17) is 0 Å². The lowest BCUT2D eigenvalue weighted by Gasteiger charge is -2.15. The fraction of sp³-hybridized carbons (Fsp3) is 0.0333. The Morgan fingerprint density at radius 2 is 1.50 bits per heavy atom. The number of hydrogen-bond acceptors (Lipinski definition) is 5. The number of benzene rings is 4. The normalized spacial score (nSPS) is 13.6. The quantitative estimate of drug-likeness (QED) is 0.190. The zero-order chi connectivity index (χ0) is 26.1. The number of amides is 2. The van der Waals surface area contributed by atoms with Crippen LogP contribution in [0.15, 0.2) is 97.1 Å². The standard InChI is InChI=1S/C30H24N6O2/c1-31-19-11-13-20(14-12-19)32-27(18-7-3-2-4-8-18)26-22-16-15-21(17-25(22)36-29(26)37)33-30(38)28-34-23-9-5-6-10-24(23)35-28/h2-17,31-32H,1H3,(H,33,38)(H,34,35)(H,36,37)/b27-26-. The maximum absolute atomic E-state index is 13.3. The molecule has 4 aromatic carbocycles. The van der Waals surface area contributed by atoms with E-state index in [1.807, 2.05) is 92.0 Å². The molecule has 0 fully saturated rings. The molecule has 2 heterocycles. The van der Waals surface area contributed by atoms with Crippen LogP contribution in [-0.2, 0) is 4.79 Å². The van der Waals surface area contributed by atoms with Crippen LogP contribution in [0.1, 0.15) is 21.7 Å². The Hall–Kier alpha value is -5.37. The molecule has 6 rings (SSSR count). The number of H-pyrrole nitrogens is 1. The molecule has 2 amide bonds. The molecule has 0 aliphatic carbocycles. The molecule has 5 N–H and O–H groups in total. The lowest BCUT2D eigenvalue weighted by Crippen LogP contribution is -2.13. The predicted octanol–water partition coefficient (Wildman–Crippen LogP) is 5.79. The third-order valence-corrected chi connectivity index (χ3v) is 6.38. The number of nitrogens with zero attached hydrogens (tertiary/aromatic N) is 1. The number of para-hydroxylation sites is 2. The summed E-state index contributed by atoms with van der Waals surface area (Å²) >= 11 is 0. The van der Waals surface area contributed by atoms with Crippen LogP contribution in [0, 0.1) is 0 Å². The molecule has 5 aromatic rings. The monoisotopic (exact) mass is 500 g/mol. The van der Waals surface area contributed by atoms with Gasteiger partial charge >= 0.3 is 0 Å². The van der Waals surface area contributed by atoms with Crippen molar-refractivity contribution < 1.29 is 9.59 Å². The Balaban J connectivity index is 1.34. The summed E-state index contributed by atoms with van der Waals surface area (Å²) in [6.45, 7) is 0. The van der Waals surface area contributed by atoms with Crippen LogP contribution >= 0.6 is 0 Å². The molecule has 0 spiro atoms. The van der Waals surface area contributed by atoms with Crippen molar-refractivity contribution in [3.8, 4) is 0 Å². The average Bonchev–Trinajstić information content (AvgIpc) is 3.53. The van der Waals surface area contributed by atoms with E-state index in [0.29, 0.717) is 22.6 Å². The Bertz CT molecular complexity index is 1670. The van der Waals surface area contributed by atoms with E-state index in [1.54, 1.807) is 12.1 Å². The van der Waals surface area contributed by atoms with Gasteiger partial charge in [-0.3, -0.25) is 9.59 Å². The number of anilines is 4. The van der Waals surface area contributed by atoms with Gasteiger partial charge in [0.1, 0.15) is 0 Å². The van der Waals surface area contributed by atoms with Gasteiger partial charge in [-0.15, -0.1) is 0 Å². The van der Waals surface area contributed by atoms with Crippen LogP contribution in [0.2, 0.25) is 0 Å².